The summed E-state index contributed by atoms with van der Waals surface area (Å²) < 4.78 is 5.08. The Morgan fingerprint density at radius 3 is 2.72 bits per heavy atom. The molecule has 1 aromatic carbocycles. The van der Waals surface area contributed by atoms with Gasteiger partial charge >= 0.3 is 5.97 Å². The van der Waals surface area contributed by atoms with Crippen molar-refractivity contribution in [1.82, 2.24) is 5.01 Å². The van der Waals surface area contributed by atoms with Crippen molar-refractivity contribution in [3.63, 3.8) is 0 Å². The summed E-state index contributed by atoms with van der Waals surface area (Å²) in [6, 6.07) is 5.24. The second-order valence-electron chi connectivity index (χ2n) is 6.29. The fraction of sp³-hybridized carbons (Fsp3) is 0.474. The fourth-order valence-corrected chi connectivity index (χ4v) is 3.13. The number of carbonyl (C=O) groups is 2. The van der Waals surface area contributed by atoms with Gasteiger partial charge in [-0.1, -0.05) is 5.22 Å². The molecule has 0 atom stereocenters. The van der Waals surface area contributed by atoms with Crippen molar-refractivity contribution in [2.45, 2.75) is 39.0 Å². The summed E-state index contributed by atoms with van der Waals surface area (Å²) in [7, 11) is 0. The summed E-state index contributed by atoms with van der Waals surface area (Å²) in [5.74, 6) is -0.250. The summed E-state index contributed by atoms with van der Waals surface area (Å²) in [5, 5.41) is 10.6. The van der Waals surface area contributed by atoms with Crippen LogP contribution in [0.25, 0.3) is 5.57 Å². The van der Waals surface area contributed by atoms with E-state index in [0.29, 0.717) is 24.3 Å². The molecule has 0 amide bonds. The van der Waals surface area contributed by atoms with E-state index in [1.54, 1.807) is 31.2 Å². The van der Waals surface area contributed by atoms with Gasteiger partial charge in [0, 0.05) is 25.1 Å². The second-order valence-corrected chi connectivity index (χ2v) is 6.29. The average molecular weight is 341 g/mol. The van der Waals surface area contributed by atoms with E-state index in [9.17, 15) is 9.59 Å². The van der Waals surface area contributed by atoms with Crippen LogP contribution in [0.3, 0.4) is 0 Å². The first-order chi connectivity index (χ1) is 12.2. The SMILES string of the molecule is CCOC(=O)c1ccc(N=NN2CCCC2)c(C2=CC(=O)CCC2)c1. The quantitative estimate of drug-likeness (QED) is 0.597. The van der Waals surface area contributed by atoms with Gasteiger partial charge < -0.3 is 4.74 Å². The van der Waals surface area contributed by atoms with Crippen molar-refractivity contribution in [2.75, 3.05) is 19.7 Å². The van der Waals surface area contributed by atoms with Crippen molar-refractivity contribution in [1.29, 1.82) is 0 Å². The Hall–Kier alpha value is -2.50. The number of benzene rings is 1. The summed E-state index contributed by atoms with van der Waals surface area (Å²) in [6.07, 6.45) is 6.12. The maximum atomic E-state index is 12.1. The largest absolute Gasteiger partial charge is 0.462 e. The van der Waals surface area contributed by atoms with Crippen molar-refractivity contribution >= 4 is 23.0 Å². The molecule has 0 aromatic heterocycles. The van der Waals surface area contributed by atoms with E-state index in [4.69, 9.17) is 4.74 Å². The first-order valence-electron chi connectivity index (χ1n) is 8.89. The van der Waals surface area contributed by atoms with Crippen LogP contribution in [0.5, 0.6) is 0 Å². The maximum absolute atomic E-state index is 12.1. The Balaban J connectivity index is 1.95. The lowest BCUT2D eigenvalue weighted by Crippen LogP contribution is -2.10. The monoisotopic (exact) mass is 341 g/mol. The molecule has 25 heavy (non-hydrogen) atoms. The number of ketones is 1. The molecule has 3 rings (SSSR count). The lowest BCUT2D eigenvalue weighted by molar-refractivity contribution is -0.114. The van der Waals surface area contributed by atoms with Crippen LogP contribution in [-0.4, -0.2) is 36.5 Å². The van der Waals surface area contributed by atoms with E-state index in [0.717, 1.165) is 49.9 Å². The lowest BCUT2D eigenvalue weighted by atomic mass is 9.91. The standard InChI is InChI=1S/C19H23N3O3/c1-2-25-19(24)15-8-9-18(20-21-22-10-3-4-11-22)17(13-15)14-6-5-7-16(23)12-14/h8-9,12-13H,2-7,10-11H2,1H3. The third-order valence-corrected chi connectivity index (χ3v) is 4.42. The van der Waals surface area contributed by atoms with Crippen LogP contribution in [-0.2, 0) is 9.53 Å². The minimum Gasteiger partial charge on any atom is -0.462 e. The Kier molecular flexibility index (Phi) is 5.58. The molecule has 1 saturated heterocycles. The zero-order valence-corrected chi connectivity index (χ0v) is 14.5. The van der Waals surface area contributed by atoms with Gasteiger partial charge in [0.15, 0.2) is 5.78 Å². The number of allylic oxidation sites excluding steroid dienone is 2. The minimum atomic E-state index is -0.366. The molecular weight excluding hydrogens is 318 g/mol. The third kappa shape index (κ3) is 4.32. The number of hydrogen-bond donors (Lipinski definition) is 0. The highest BCUT2D eigenvalue weighted by molar-refractivity contribution is 6.00. The molecule has 1 aliphatic heterocycles. The first-order valence-corrected chi connectivity index (χ1v) is 8.89. The lowest BCUT2D eigenvalue weighted by Gasteiger charge is -2.15. The summed E-state index contributed by atoms with van der Waals surface area (Å²) in [5.41, 5.74) is 2.86. The molecule has 0 unspecified atom stereocenters. The smallest absolute Gasteiger partial charge is 0.338 e. The van der Waals surface area contributed by atoms with Gasteiger partial charge in [-0.3, -0.25) is 9.80 Å². The molecule has 0 spiro atoms. The second kappa shape index (κ2) is 8.05. The highest BCUT2D eigenvalue weighted by atomic mass is 16.5. The van der Waals surface area contributed by atoms with Crippen molar-refractivity contribution < 1.29 is 14.3 Å². The van der Waals surface area contributed by atoms with E-state index in [-0.39, 0.29) is 11.8 Å². The van der Waals surface area contributed by atoms with Gasteiger partial charge in [-0.25, -0.2) is 4.79 Å². The predicted octanol–water partition coefficient (Wildman–Crippen LogP) is 4.09. The fourth-order valence-electron chi connectivity index (χ4n) is 3.13. The topological polar surface area (TPSA) is 71.3 Å². The summed E-state index contributed by atoms with van der Waals surface area (Å²) in [6.45, 7) is 3.94. The van der Waals surface area contributed by atoms with Crippen LogP contribution >= 0.6 is 0 Å². The van der Waals surface area contributed by atoms with Gasteiger partial charge in [0.25, 0.3) is 0 Å². The molecule has 1 aromatic rings. The molecule has 6 nitrogen and oxygen atoms in total. The normalized spacial score (nSPS) is 17.9. The molecule has 2 aliphatic rings. The van der Waals surface area contributed by atoms with Crippen molar-refractivity contribution in [3.05, 3.63) is 35.4 Å². The molecule has 0 radical (unpaired) electrons. The summed E-state index contributed by atoms with van der Waals surface area (Å²) >= 11 is 0. The molecular formula is C19H23N3O3. The van der Waals surface area contributed by atoms with Gasteiger partial charge in [0.1, 0.15) is 0 Å². The number of esters is 1. The zero-order valence-electron chi connectivity index (χ0n) is 14.5. The van der Waals surface area contributed by atoms with Gasteiger partial charge in [0.05, 0.1) is 17.9 Å². The van der Waals surface area contributed by atoms with Gasteiger partial charge in [-0.15, -0.1) is 5.11 Å². The number of nitrogens with zero attached hydrogens (tertiary/aromatic N) is 3. The maximum Gasteiger partial charge on any atom is 0.338 e. The molecule has 132 valence electrons. The van der Waals surface area contributed by atoms with Crippen LogP contribution in [0.1, 0.15) is 54.9 Å². The number of ether oxygens (including phenoxy) is 1. The molecule has 1 heterocycles. The van der Waals surface area contributed by atoms with E-state index < -0.39 is 0 Å². The van der Waals surface area contributed by atoms with E-state index in [1.807, 2.05) is 5.01 Å². The Labute approximate surface area is 147 Å². The molecule has 1 fully saturated rings. The van der Waals surface area contributed by atoms with Crippen molar-refractivity contribution in [3.8, 4) is 0 Å². The Morgan fingerprint density at radius 1 is 1.20 bits per heavy atom. The molecule has 6 heteroatoms. The predicted molar refractivity (Wildman–Crippen MR) is 94.6 cm³/mol. The van der Waals surface area contributed by atoms with Crippen LogP contribution in [0.2, 0.25) is 0 Å². The van der Waals surface area contributed by atoms with Crippen LogP contribution < -0.4 is 0 Å². The summed E-state index contributed by atoms with van der Waals surface area (Å²) in [4.78, 5) is 23.9. The van der Waals surface area contributed by atoms with Crippen molar-refractivity contribution in [2.24, 2.45) is 10.3 Å². The van der Waals surface area contributed by atoms with E-state index >= 15 is 0 Å². The number of hydrogen-bond acceptors (Lipinski definition) is 5. The van der Waals surface area contributed by atoms with Crippen LogP contribution in [0.15, 0.2) is 34.6 Å². The van der Waals surface area contributed by atoms with E-state index in [1.165, 1.54) is 0 Å². The first kappa shape index (κ1) is 17.3. The van der Waals surface area contributed by atoms with Gasteiger partial charge in [-0.2, -0.15) is 0 Å². The minimum absolute atomic E-state index is 0.116. The molecule has 0 saturated carbocycles. The highest BCUT2D eigenvalue weighted by Gasteiger charge is 2.18. The number of carbonyl (C=O) groups excluding carboxylic acids is 2. The van der Waals surface area contributed by atoms with E-state index in [2.05, 4.69) is 10.3 Å². The Bertz CT molecular complexity index is 719. The Morgan fingerprint density at radius 2 is 2.00 bits per heavy atom. The number of rotatable bonds is 5. The average Bonchev–Trinajstić information content (AvgIpc) is 3.13. The van der Waals surface area contributed by atoms with Gasteiger partial charge in [0.2, 0.25) is 0 Å². The van der Waals surface area contributed by atoms with Crippen LogP contribution in [0, 0.1) is 0 Å². The van der Waals surface area contributed by atoms with Crippen LogP contribution in [0.4, 0.5) is 5.69 Å². The van der Waals surface area contributed by atoms with Gasteiger partial charge in [-0.05, 0) is 62.5 Å². The molecule has 1 aliphatic carbocycles. The highest BCUT2D eigenvalue weighted by Crippen LogP contribution is 2.33. The zero-order chi connectivity index (χ0) is 17.6. The molecule has 0 N–H and O–H groups in total. The molecule has 0 bridgehead atoms. The third-order valence-electron chi connectivity index (χ3n) is 4.42.